The predicted octanol–water partition coefficient (Wildman–Crippen LogP) is 4.19. The maximum Gasteiger partial charge on any atom is 0.140 e. The van der Waals surface area contributed by atoms with Crippen LogP contribution in [0.4, 0.5) is 8.78 Å². The summed E-state index contributed by atoms with van der Waals surface area (Å²) >= 11 is 0. The predicted molar refractivity (Wildman–Crippen MR) is 101 cm³/mol. The molecule has 1 saturated heterocycles. The van der Waals surface area contributed by atoms with Gasteiger partial charge in [-0.1, -0.05) is 35.5 Å². The first-order chi connectivity index (χ1) is 13.5. The van der Waals surface area contributed by atoms with Crippen molar-refractivity contribution in [3.8, 4) is 11.3 Å². The van der Waals surface area contributed by atoms with Gasteiger partial charge in [0.05, 0.1) is 5.60 Å². The van der Waals surface area contributed by atoms with Gasteiger partial charge in [-0.15, -0.1) is 0 Å². The van der Waals surface area contributed by atoms with E-state index in [1.807, 2.05) is 41.3 Å². The van der Waals surface area contributed by atoms with Crippen LogP contribution in [0.25, 0.3) is 11.3 Å². The Kier molecular flexibility index (Phi) is 5.24. The van der Waals surface area contributed by atoms with E-state index in [-0.39, 0.29) is 0 Å². The normalized spacial score (nSPS) is 17.0. The van der Waals surface area contributed by atoms with Crippen LogP contribution in [-0.4, -0.2) is 33.9 Å². The summed E-state index contributed by atoms with van der Waals surface area (Å²) < 4.78 is 32.6. The number of hydrogen-bond donors (Lipinski definition) is 1. The maximum absolute atomic E-state index is 13.8. The number of piperidine rings is 1. The zero-order chi connectivity index (χ0) is 19.6. The summed E-state index contributed by atoms with van der Waals surface area (Å²) in [6.07, 6.45) is 1.45. The molecule has 6 heteroatoms. The van der Waals surface area contributed by atoms with E-state index in [0.717, 1.165) is 23.4 Å². The van der Waals surface area contributed by atoms with Crippen molar-refractivity contribution in [1.29, 1.82) is 0 Å². The van der Waals surface area contributed by atoms with Gasteiger partial charge in [-0.2, -0.15) is 0 Å². The minimum absolute atomic E-state index is 0.333. The average Bonchev–Trinajstić information content (AvgIpc) is 3.15. The third-order valence-electron chi connectivity index (χ3n) is 5.32. The standard InChI is InChI=1S/C22H22F2N2O2/c23-18-6-7-20(24)17(12-18)15-26-10-8-22(27,9-11-26)14-19-13-21(25-28-19)16-4-2-1-3-5-16/h1-7,12-13,27H,8-11,14-15H2. The van der Waals surface area contributed by atoms with E-state index in [9.17, 15) is 13.9 Å². The third kappa shape index (κ3) is 4.29. The second kappa shape index (κ2) is 7.81. The van der Waals surface area contributed by atoms with Crippen LogP contribution in [0, 0.1) is 11.6 Å². The fourth-order valence-corrected chi connectivity index (χ4v) is 3.68. The molecule has 1 N–H and O–H groups in total. The number of rotatable bonds is 5. The number of aliphatic hydroxyl groups is 1. The summed E-state index contributed by atoms with van der Waals surface area (Å²) in [5.41, 5.74) is 1.17. The van der Waals surface area contributed by atoms with Crippen molar-refractivity contribution in [2.45, 2.75) is 31.4 Å². The van der Waals surface area contributed by atoms with Crippen LogP contribution in [0.1, 0.15) is 24.2 Å². The summed E-state index contributed by atoms with van der Waals surface area (Å²) in [6.45, 7) is 1.54. The van der Waals surface area contributed by atoms with E-state index < -0.39 is 17.2 Å². The molecule has 1 aliphatic heterocycles. The number of aromatic nitrogens is 1. The highest BCUT2D eigenvalue weighted by Gasteiger charge is 2.34. The Morgan fingerprint density at radius 2 is 1.79 bits per heavy atom. The molecule has 4 rings (SSSR count). The molecular formula is C22H22F2N2O2. The van der Waals surface area contributed by atoms with Gasteiger partial charge in [0.1, 0.15) is 23.1 Å². The third-order valence-corrected chi connectivity index (χ3v) is 5.32. The first-order valence-corrected chi connectivity index (χ1v) is 9.40. The highest BCUT2D eigenvalue weighted by atomic mass is 19.1. The number of likely N-dealkylation sites (tertiary alicyclic amines) is 1. The summed E-state index contributed by atoms with van der Waals surface area (Å²) in [5, 5.41) is 15.0. The zero-order valence-corrected chi connectivity index (χ0v) is 15.4. The quantitative estimate of drug-likeness (QED) is 0.717. The molecule has 0 atom stereocenters. The van der Waals surface area contributed by atoms with Gasteiger partial charge in [0.2, 0.25) is 0 Å². The molecule has 1 aromatic heterocycles. The van der Waals surface area contributed by atoms with E-state index in [4.69, 9.17) is 4.52 Å². The van der Waals surface area contributed by atoms with Crippen LogP contribution < -0.4 is 0 Å². The first kappa shape index (κ1) is 18.8. The number of benzene rings is 2. The Hall–Kier alpha value is -2.57. The van der Waals surface area contributed by atoms with Crippen molar-refractivity contribution < 1.29 is 18.4 Å². The first-order valence-electron chi connectivity index (χ1n) is 9.40. The van der Waals surface area contributed by atoms with E-state index in [1.54, 1.807) is 0 Å². The lowest BCUT2D eigenvalue weighted by Gasteiger charge is -2.37. The summed E-state index contributed by atoms with van der Waals surface area (Å²) in [7, 11) is 0. The highest BCUT2D eigenvalue weighted by molar-refractivity contribution is 5.58. The molecule has 0 spiro atoms. The largest absolute Gasteiger partial charge is 0.389 e. The lowest BCUT2D eigenvalue weighted by Crippen LogP contribution is -2.45. The lowest BCUT2D eigenvalue weighted by molar-refractivity contribution is -0.0267. The fourth-order valence-electron chi connectivity index (χ4n) is 3.68. The molecule has 1 fully saturated rings. The molecule has 4 nitrogen and oxygen atoms in total. The molecule has 0 bridgehead atoms. The van der Waals surface area contributed by atoms with Gasteiger partial charge >= 0.3 is 0 Å². The molecule has 1 aliphatic rings. The van der Waals surface area contributed by atoms with Crippen molar-refractivity contribution in [1.82, 2.24) is 10.1 Å². The second-order valence-electron chi connectivity index (χ2n) is 7.46. The van der Waals surface area contributed by atoms with Crippen molar-refractivity contribution >= 4 is 0 Å². The minimum Gasteiger partial charge on any atom is -0.389 e. The van der Waals surface area contributed by atoms with Crippen LogP contribution in [-0.2, 0) is 13.0 Å². The van der Waals surface area contributed by atoms with Crippen LogP contribution in [0.15, 0.2) is 59.1 Å². The van der Waals surface area contributed by atoms with Gasteiger partial charge in [-0.25, -0.2) is 8.78 Å². The van der Waals surface area contributed by atoms with Gasteiger partial charge in [-0.3, -0.25) is 4.90 Å². The Morgan fingerprint density at radius 3 is 2.54 bits per heavy atom. The maximum atomic E-state index is 13.8. The van der Waals surface area contributed by atoms with Gasteiger partial charge in [0.15, 0.2) is 0 Å². The molecule has 28 heavy (non-hydrogen) atoms. The zero-order valence-electron chi connectivity index (χ0n) is 15.4. The monoisotopic (exact) mass is 384 g/mol. The van der Waals surface area contributed by atoms with Crippen LogP contribution in [0.3, 0.4) is 0 Å². The van der Waals surface area contributed by atoms with Gasteiger partial charge in [0.25, 0.3) is 0 Å². The molecule has 3 aromatic rings. The molecule has 2 heterocycles. The van der Waals surface area contributed by atoms with Crippen LogP contribution >= 0.6 is 0 Å². The SMILES string of the molecule is OC1(Cc2cc(-c3ccccc3)no2)CCN(Cc2cc(F)ccc2F)CC1. The van der Waals surface area contributed by atoms with Crippen molar-refractivity contribution in [3.05, 3.63) is 77.6 Å². The average molecular weight is 384 g/mol. The Balaban J connectivity index is 1.36. The van der Waals surface area contributed by atoms with Gasteiger partial charge in [0, 0.05) is 43.2 Å². The van der Waals surface area contributed by atoms with Gasteiger partial charge < -0.3 is 9.63 Å². The summed E-state index contributed by atoms with van der Waals surface area (Å²) in [5.74, 6) is -0.201. The smallest absolute Gasteiger partial charge is 0.140 e. The van der Waals surface area contributed by atoms with E-state index in [1.165, 1.54) is 6.07 Å². The van der Waals surface area contributed by atoms with Crippen molar-refractivity contribution in [2.75, 3.05) is 13.1 Å². The summed E-state index contributed by atoms with van der Waals surface area (Å²) in [4.78, 5) is 2.03. The number of hydrogen-bond acceptors (Lipinski definition) is 4. The molecule has 0 aliphatic carbocycles. The molecular weight excluding hydrogens is 362 g/mol. The molecule has 2 aromatic carbocycles. The van der Waals surface area contributed by atoms with Crippen molar-refractivity contribution in [2.24, 2.45) is 0 Å². The van der Waals surface area contributed by atoms with Gasteiger partial charge in [-0.05, 0) is 31.0 Å². The highest BCUT2D eigenvalue weighted by Crippen LogP contribution is 2.29. The minimum atomic E-state index is -0.884. The molecule has 0 saturated carbocycles. The van der Waals surface area contributed by atoms with E-state index in [2.05, 4.69) is 5.16 Å². The summed E-state index contributed by atoms with van der Waals surface area (Å²) in [6, 6.07) is 15.1. The Morgan fingerprint density at radius 1 is 1.04 bits per heavy atom. The van der Waals surface area contributed by atoms with Crippen LogP contribution in [0.2, 0.25) is 0 Å². The molecule has 0 radical (unpaired) electrons. The second-order valence-corrected chi connectivity index (χ2v) is 7.46. The molecule has 146 valence electrons. The molecule has 0 unspecified atom stereocenters. The van der Waals surface area contributed by atoms with Crippen molar-refractivity contribution in [3.63, 3.8) is 0 Å². The lowest BCUT2D eigenvalue weighted by atomic mass is 9.87. The Bertz CT molecular complexity index is 935. The van der Waals surface area contributed by atoms with E-state index in [0.29, 0.717) is 50.2 Å². The number of halogens is 2. The topological polar surface area (TPSA) is 49.5 Å². The Labute approximate surface area is 162 Å². The fraction of sp³-hybridized carbons (Fsp3) is 0.318. The van der Waals surface area contributed by atoms with Crippen LogP contribution in [0.5, 0.6) is 0 Å². The number of nitrogens with zero attached hydrogens (tertiary/aromatic N) is 2. The molecule has 0 amide bonds. The van der Waals surface area contributed by atoms with E-state index >= 15 is 0 Å².